The maximum Gasteiger partial charge on any atom is 0.315 e. The second-order valence-electron chi connectivity index (χ2n) is 5.49. The third kappa shape index (κ3) is 5.89. The van der Waals surface area contributed by atoms with Gasteiger partial charge in [0.2, 0.25) is 0 Å². The van der Waals surface area contributed by atoms with E-state index in [0.29, 0.717) is 18.3 Å². The zero-order valence-corrected chi connectivity index (χ0v) is 12.4. The molecule has 1 fully saturated rings. The molecular formula is C15H25N5O. The molecule has 2 rings (SSSR count). The van der Waals surface area contributed by atoms with Crippen LogP contribution in [0.15, 0.2) is 18.3 Å². The van der Waals surface area contributed by atoms with Crippen LogP contribution >= 0.6 is 0 Å². The summed E-state index contributed by atoms with van der Waals surface area (Å²) in [5, 5.41) is 9.12. The highest BCUT2D eigenvalue weighted by atomic mass is 16.2. The molecule has 1 aromatic rings. The molecule has 1 aliphatic rings. The molecule has 0 aromatic carbocycles. The Hall–Kier alpha value is -1.98. The zero-order chi connectivity index (χ0) is 14.9. The lowest BCUT2D eigenvalue weighted by atomic mass is 9.96. The van der Waals surface area contributed by atoms with E-state index in [2.05, 4.69) is 20.9 Å². The van der Waals surface area contributed by atoms with Gasteiger partial charge in [-0.05, 0) is 31.4 Å². The minimum Gasteiger partial charge on any atom is -0.397 e. The Morgan fingerprint density at radius 1 is 1.24 bits per heavy atom. The predicted octanol–water partition coefficient (Wildman–Crippen LogP) is 2.10. The van der Waals surface area contributed by atoms with E-state index in [1.165, 1.54) is 19.3 Å². The number of nitrogen functional groups attached to an aromatic ring is 1. The molecule has 0 radical (unpaired) electrons. The minimum atomic E-state index is -0.0486. The van der Waals surface area contributed by atoms with E-state index in [9.17, 15) is 4.79 Å². The molecule has 0 atom stereocenters. The number of pyridine rings is 1. The molecule has 0 spiro atoms. The number of aromatic nitrogens is 1. The molecule has 1 heterocycles. The van der Waals surface area contributed by atoms with Gasteiger partial charge in [0.05, 0.1) is 11.9 Å². The second-order valence-corrected chi connectivity index (χ2v) is 5.49. The maximum absolute atomic E-state index is 11.7. The monoisotopic (exact) mass is 291 g/mol. The van der Waals surface area contributed by atoms with Crippen LogP contribution in [0.25, 0.3) is 0 Å². The van der Waals surface area contributed by atoms with Gasteiger partial charge in [0.25, 0.3) is 0 Å². The zero-order valence-electron chi connectivity index (χ0n) is 12.4. The third-order valence-corrected chi connectivity index (χ3v) is 3.67. The third-order valence-electron chi connectivity index (χ3n) is 3.67. The number of hydrogen-bond acceptors (Lipinski definition) is 4. The van der Waals surface area contributed by atoms with Crippen molar-refractivity contribution in [2.24, 2.45) is 0 Å². The van der Waals surface area contributed by atoms with Crippen molar-refractivity contribution in [2.45, 2.75) is 44.6 Å². The summed E-state index contributed by atoms with van der Waals surface area (Å²) in [6.45, 7) is 1.42. The Labute approximate surface area is 125 Å². The number of carbonyl (C=O) groups excluding carboxylic acids is 1. The topological polar surface area (TPSA) is 92.1 Å². The summed E-state index contributed by atoms with van der Waals surface area (Å²) in [6, 6.07) is 3.97. The summed E-state index contributed by atoms with van der Waals surface area (Å²) in [5.41, 5.74) is 6.22. The summed E-state index contributed by atoms with van der Waals surface area (Å²) < 4.78 is 0. The van der Waals surface area contributed by atoms with Crippen molar-refractivity contribution < 1.29 is 4.79 Å². The quantitative estimate of drug-likeness (QED) is 0.604. The SMILES string of the molecule is Nc1ccc(NCCCNC(=O)NC2CCCCC2)nc1. The first-order valence-electron chi connectivity index (χ1n) is 7.74. The van der Waals surface area contributed by atoms with Gasteiger partial charge in [0, 0.05) is 19.1 Å². The second kappa shape index (κ2) is 8.34. The lowest BCUT2D eigenvalue weighted by molar-refractivity contribution is 0.232. The van der Waals surface area contributed by atoms with E-state index >= 15 is 0 Å². The summed E-state index contributed by atoms with van der Waals surface area (Å²) >= 11 is 0. The van der Waals surface area contributed by atoms with E-state index in [1.807, 2.05) is 12.1 Å². The molecule has 0 aliphatic heterocycles. The number of anilines is 2. The number of urea groups is 1. The summed E-state index contributed by atoms with van der Waals surface area (Å²) in [4.78, 5) is 15.9. The minimum absolute atomic E-state index is 0.0486. The van der Waals surface area contributed by atoms with Crippen LogP contribution in [0.2, 0.25) is 0 Å². The van der Waals surface area contributed by atoms with Gasteiger partial charge in [-0.1, -0.05) is 19.3 Å². The standard InChI is InChI=1S/C15H25N5O/c16-12-7-8-14(19-11-12)17-9-4-10-18-15(21)20-13-5-2-1-3-6-13/h7-8,11,13H,1-6,9-10,16H2,(H,17,19)(H2,18,20,21). The van der Waals surface area contributed by atoms with Gasteiger partial charge in [0.1, 0.15) is 5.82 Å². The van der Waals surface area contributed by atoms with Gasteiger partial charge >= 0.3 is 6.03 Å². The molecule has 1 aromatic heterocycles. The lowest BCUT2D eigenvalue weighted by Crippen LogP contribution is -2.43. The van der Waals surface area contributed by atoms with Gasteiger partial charge in [-0.3, -0.25) is 0 Å². The van der Waals surface area contributed by atoms with Crippen LogP contribution in [0.3, 0.4) is 0 Å². The van der Waals surface area contributed by atoms with Crippen molar-refractivity contribution in [3.8, 4) is 0 Å². The van der Waals surface area contributed by atoms with E-state index in [0.717, 1.165) is 31.6 Å². The van der Waals surface area contributed by atoms with Crippen molar-refractivity contribution in [1.82, 2.24) is 15.6 Å². The van der Waals surface area contributed by atoms with Crippen LogP contribution in [0, 0.1) is 0 Å². The Morgan fingerprint density at radius 2 is 2.05 bits per heavy atom. The van der Waals surface area contributed by atoms with Crippen LogP contribution in [-0.2, 0) is 0 Å². The van der Waals surface area contributed by atoms with Gasteiger partial charge in [0.15, 0.2) is 0 Å². The van der Waals surface area contributed by atoms with Crippen LogP contribution in [0.5, 0.6) is 0 Å². The molecule has 6 nitrogen and oxygen atoms in total. The number of carbonyl (C=O) groups is 1. The molecule has 5 N–H and O–H groups in total. The number of amides is 2. The van der Waals surface area contributed by atoms with Crippen LogP contribution in [0.4, 0.5) is 16.3 Å². The van der Waals surface area contributed by atoms with Crippen molar-refractivity contribution in [3.05, 3.63) is 18.3 Å². The highest BCUT2D eigenvalue weighted by Crippen LogP contribution is 2.17. The van der Waals surface area contributed by atoms with Crippen molar-refractivity contribution >= 4 is 17.5 Å². The molecule has 0 bridgehead atoms. The predicted molar refractivity (Wildman–Crippen MR) is 85.2 cm³/mol. The molecule has 6 heteroatoms. The van der Waals surface area contributed by atoms with Crippen molar-refractivity contribution in [3.63, 3.8) is 0 Å². The normalized spacial score (nSPS) is 15.4. The van der Waals surface area contributed by atoms with E-state index in [1.54, 1.807) is 6.20 Å². The summed E-state index contributed by atoms with van der Waals surface area (Å²) in [7, 11) is 0. The Morgan fingerprint density at radius 3 is 2.76 bits per heavy atom. The van der Waals surface area contributed by atoms with Crippen LogP contribution in [0.1, 0.15) is 38.5 Å². The smallest absolute Gasteiger partial charge is 0.315 e. The largest absolute Gasteiger partial charge is 0.397 e. The van der Waals surface area contributed by atoms with E-state index < -0.39 is 0 Å². The first kappa shape index (κ1) is 15.4. The molecule has 21 heavy (non-hydrogen) atoms. The average Bonchev–Trinajstić information content (AvgIpc) is 2.50. The fourth-order valence-electron chi connectivity index (χ4n) is 2.50. The summed E-state index contributed by atoms with van der Waals surface area (Å²) in [6.07, 6.45) is 8.44. The number of rotatable bonds is 6. The van der Waals surface area contributed by atoms with Gasteiger partial charge < -0.3 is 21.7 Å². The highest BCUT2D eigenvalue weighted by Gasteiger charge is 2.14. The Kier molecular flexibility index (Phi) is 6.12. The maximum atomic E-state index is 11.7. The molecule has 116 valence electrons. The molecule has 0 unspecified atom stereocenters. The first-order valence-corrected chi connectivity index (χ1v) is 7.74. The van der Waals surface area contributed by atoms with Crippen molar-refractivity contribution in [2.75, 3.05) is 24.1 Å². The van der Waals surface area contributed by atoms with Gasteiger partial charge in [-0.25, -0.2) is 9.78 Å². The van der Waals surface area contributed by atoms with Crippen LogP contribution < -0.4 is 21.7 Å². The van der Waals surface area contributed by atoms with E-state index in [4.69, 9.17) is 5.73 Å². The fraction of sp³-hybridized carbons (Fsp3) is 0.600. The number of nitrogens with two attached hydrogens (primary N) is 1. The molecule has 0 saturated heterocycles. The summed E-state index contributed by atoms with van der Waals surface area (Å²) in [5.74, 6) is 0.802. The number of nitrogens with one attached hydrogen (secondary N) is 3. The van der Waals surface area contributed by atoms with E-state index in [-0.39, 0.29) is 6.03 Å². The average molecular weight is 291 g/mol. The number of nitrogens with zero attached hydrogens (tertiary/aromatic N) is 1. The van der Waals surface area contributed by atoms with Gasteiger partial charge in [-0.15, -0.1) is 0 Å². The molecule has 2 amide bonds. The molecule has 1 aliphatic carbocycles. The first-order chi connectivity index (χ1) is 10.2. The lowest BCUT2D eigenvalue weighted by Gasteiger charge is -2.22. The van der Waals surface area contributed by atoms with Crippen LogP contribution in [-0.4, -0.2) is 30.1 Å². The fourth-order valence-corrected chi connectivity index (χ4v) is 2.50. The molecule has 1 saturated carbocycles. The highest BCUT2D eigenvalue weighted by molar-refractivity contribution is 5.74. The van der Waals surface area contributed by atoms with Gasteiger partial charge in [-0.2, -0.15) is 0 Å². The Bertz CT molecular complexity index is 428. The van der Waals surface area contributed by atoms with Crippen molar-refractivity contribution in [1.29, 1.82) is 0 Å². The molecular weight excluding hydrogens is 266 g/mol. The number of hydrogen-bond donors (Lipinski definition) is 4. The Balaban J connectivity index is 1.52.